The molecular formula is C19H19N3O. The Morgan fingerprint density at radius 1 is 1.26 bits per heavy atom. The van der Waals surface area contributed by atoms with E-state index >= 15 is 0 Å². The van der Waals surface area contributed by atoms with Crippen molar-refractivity contribution in [2.75, 3.05) is 6.54 Å². The molecular weight excluding hydrogens is 286 g/mol. The molecule has 116 valence electrons. The van der Waals surface area contributed by atoms with Gasteiger partial charge in [-0.15, -0.1) is 0 Å². The predicted molar refractivity (Wildman–Crippen MR) is 92.1 cm³/mol. The van der Waals surface area contributed by atoms with E-state index in [1.165, 1.54) is 5.56 Å². The lowest BCUT2D eigenvalue weighted by Gasteiger charge is -2.00. The molecule has 0 radical (unpaired) electrons. The normalized spacial score (nSPS) is 11.2. The summed E-state index contributed by atoms with van der Waals surface area (Å²) in [5.41, 5.74) is 4.10. The largest absolute Gasteiger partial charge is 0.352 e. The van der Waals surface area contributed by atoms with Crippen molar-refractivity contribution >= 4 is 17.6 Å². The van der Waals surface area contributed by atoms with Crippen LogP contribution in [0.15, 0.2) is 60.9 Å². The zero-order valence-electron chi connectivity index (χ0n) is 13.1. The molecule has 1 N–H and O–H groups in total. The Kier molecular flexibility index (Phi) is 4.52. The van der Waals surface area contributed by atoms with Crippen LogP contribution in [0.4, 0.5) is 0 Å². The fourth-order valence-electron chi connectivity index (χ4n) is 2.43. The van der Waals surface area contributed by atoms with Gasteiger partial charge in [-0.2, -0.15) is 0 Å². The summed E-state index contributed by atoms with van der Waals surface area (Å²) in [6.07, 6.45) is 8.07. The maximum atomic E-state index is 11.8. The van der Waals surface area contributed by atoms with Gasteiger partial charge in [0.05, 0.1) is 5.69 Å². The van der Waals surface area contributed by atoms with Crippen LogP contribution in [0.3, 0.4) is 0 Å². The highest BCUT2D eigenvalue weighted by Crippen LogP contribution is 2.06. The van der Waals surface area contributed by atoms with E-state index < -0.39 is 0 Å². The van der Waals surface area contributed by atoms with Gasteiger partial charge < -0.3 is 9.72 Å². The third-order valence-electron chi connectivity index (χ3n) is 3.56. The number of benzene rings is 1. The molecule has 1 amide bonds. The number of carbonyl (C=O) groups excluding carboxylic acids is 1. The lowest BCUT2D eigenvalue weighted by atomic mass is 10.1. The summed E-state index contributed by atoms with van der Waals surface area (Å²) in [5, 5.41) is 2.89. The van der Waals surface area contributed by atoms with Gasteiger partial charge in [0, 0.05) is 31.4 Å². The molecule has 0 saturated carbocycles. The number of amides is 1. The van der Waals surface area contributed by atoms with E-state index in [1.807, 2.05) is 72.3 Å². The first-order valence-corrected chi connectivity index (χ1v) is 7.66. The van der Waals surface area contributed by atoms with E-state index in [9.17, 15) is 4.79 Å². The molecule has 3 aromatic rings. The van der Waals surface area contributed by atoms with Crippen LogP contribution in [-0.2, 0) is 11.2 Å². The first-order valence-electron chi connectivity index (χ1n) is 7.66. The molecule has 4 heteroatoms. The minimum atomic E-state index is -0.0877. The molecule has 1 aromatic carbocycles. The van der Waals surface area contributed by atoms with Gasteiger partial charge in [-0.25, -0.2) is 4.98 Å². The maximum absolute atomic E-state index is 11.8. The number of nitrogens with one attached hydrogen (secondary N) is 1. The third kappa shape index (κ3) is 4.07. The van der Waals surface area contributed by atoms with Crippen LogP contribution in [0.5, 0.6) is 0 Å². The number of hydrogen-bond acceptors (Lipinski definition) is 2. The summed E-state index contributed by atoms with van der Waals surface area (Å²) in [7, 11) is 0. The summed E-state index contributed by atoms with van der Waals surface area (Å²) >= 11 is 0. The van der Waals surface area contributed by atoms with E-state index in [1.54, 1.807) is 6.08 Å². The number of imidazole rings is 1. The van der Waals surface area contributed by atoms with Gasteiger partial charge in [0.15, 0.2) is 0 Å². The number of nitrogens with zero attached hydrogens (tertiary/aromatic N) is 2. The van der Waals surface area contributed by atoms with Crippen molar-refractivity contribution < 1.29 is 4.79 Å². The average molecular weight is 305 g/mol. The number of hydrogen-bond donors (Lipinski definition) is 1. The Hall–Kier alpha value is -2.88. The average Bonchev–Trinajstić information content (AvgIpc) is 2.96. The molecule has 2 heterocycles. The lowest BCUT2D eigenvalue weighted by Crippen LogP contribution is -2.23. The van der Waals surface area contributed by atoms with Crippen LogP contribution < -0.4 is 5.32 Å². The minimum absolute atomic E-state index is 0.0877. The van der Waals surface area contributed by atoms with Crippen molar-refractivity contribution in [2.45, 2.75) is 13.3 Å². The van der Waals surface area contributed by atoms with Crippen LogP contribution in [0.25, 0.3) is 11.7 Å². The van der Waals surface area contributed by atoms with Crippen LogP contribution >= 0.6 is 0 Å². The Bertz CT molecular complexity index is 815. The molecule has 0 spiro atoms. The third-order valence-corrected chi connectivity index (χ3v) is 3.56. The van der Waals surface area contributed by atoms with E-state index in [0.29, 0.717) is 13.0 Å². The molecule has 2 aromatic heterocycles. The zero-order valence-corrected chi connectivity index (χ0v) is 13.1. The number of fused-ring (bicyclic) bond motifs is 1. The molecule has 0 aliphatic carbocycles. The molecule has 0 saturated heterocycles. The summed E-state index contributed by atoms with van der Waals surface area (Å²) in [6, 6.07) is 13.9. The summed E-state index contributed by atoms with van der Waals surface area (Å²) in [6.45, 7) is 2.60. The van der Waals surface area contributed by atoms with E-state index in [2.05, 4.69) is 10.3 Å². The smallest absolute Gasteiger partial charge is 0.244 e. The van der Waals surface area contributed by atoms with Gasteiger partial charge in [0.2, 0.25) is 5.91 Å². The minimum Gasteiger partial charge on any atom is -0.352 e. The first kappa shape index (κ1) is 15.0. The number of aromatic nitrogens is 2. The van der Waals surface area contributed by atoms with E-state index in [4.69, 9.17) is 0 Å². The number of aryl methyl sites for hydroxylation is 1. The molecule has 0 bridgehead atoms. The van der Waals surface area contributed by atoms with Gasteiger partial charge in [0.1, 0.15) is 5.65 Å². The Morgan fingerprint density at radius 3 is 3.00 bits per heavy atom. The molecule has 0 fully saturated rings. The van der Waals surface area contributed by atoms with Crippen molar-refractivity contribution in [1.29, 1.82) is 0 Å². The molecule has 4 nitrogen and oxygen atoms in total. The fourth-order valence-corrected chi connectivity index (χ4v) is 2.43. The van der Waals surface area contributed by atoms with Crippen molar-refractivity contribution in [3.05, 3.63) is 77.8 Å². The van der Waals surface area contributed by atoms with Crippen molar-refractivity contribution in [3.8, 4) is 0 Å². The number of carbonyl (C=O) groups is 1. The number of pyridine rings is 1. The maximum Gasteiger partial charge on any atom is 0.244 e. The standard InChI is InChI=1S/C19H19N3O/c1-15-5-4-6-16(13-15)8-9-19(23)20-11-10-17-14-22-12-3-2-7-18(22)21-17/h2-9,12-14H,10-11H2,1H3,(H,20,23)/b9-8+. The lowest BCUT2D eigenvalue weighted by molar-refractivity contribution is -0.116. The molecule has 0 unspecified atom stereocenters. The SMILES string of the molecule is Cc1cccc(/C=C/C(=O)NCCc2cn3ccccc3n2)c1. The Morgan fingerprint density at radius 2 is 2.17 bits per heavy atom. The monoisotopic (exact) mass is 305 g/mol. The van der Waals surface area contributed by atoms with Crippen LogP contribution in [0.1, 0.15) is 16.8 Å². The second kappa shape index (κ2) is 6.92. The van der Waals surface area contributed by atoms with Crippen LogP contribution in [0, 0.1) is 6.92 Å². The molecule has 0 aliphatic heterocycles. The quantitative estimate of drug-likeness (QED) is 0.737. The molecule has 0 atom stereocenters. The van der Waals surface area contributed by atoms with Crippen LogP contribution in [0.2, 0.25) is 0 Å². The van der Waals surface area contributed by atoms with Gasteiger partial charge in [-0.05, 0) is 30.7 Å². The Labute approximate surface area is 135 Å². The highest BCUT2D eigenvalue weighted by Gasteiger charge is 2.01. The second-order valence-corrected chi connectivity index (χ2v) is 5.49. The first-order chi connectivity index (χ1) is 11.2. The highest BCUT2D eigenvalue weighted by atomic mass is 16.1. The molecule has 0 aliphatic rings. The molecule has 23 heavy (non-hydrogen) atoms. The zero-order chi connectivity index (χ0) is 16.1. The van der Waals surface area contributed by atoms with Crippen molar-refractivity contribution in [2.24, 2.45) is 0 Å². The van der Waals surface area contributed by atoms with Gasteiger partial charge >= 0.3 is 0 Å². The second-order valence-electron chi connectivity index (χ2n) is 5.49. The fraction of sp³-hybridized carbons (Fsp3) is 0.158. The van der Waals surface area contributed by atoms with Gasteiger partial charge in [-0.1, -0.05) is 35.9 Å². The molecule has 3 rings (SSSR count). The van der Waals surface area contributed by atoms with Crippen molar-refractivity contribution in [1.82, 2.24) is 14.7 Å². The summed E-state index contributed by atoms with van der Waals surface area (Å²) in [5.74, 6) is -0.0877. The van der Waals surface area contributed by atoms with Crippen LogP contribution in [-0.4, -0.2) is 21.8 Å². The van der Waals surface area contributed by atoms with E-state index in [0.717, 1.165) is 16.9 Å². The summed E-state index contributed by atoms with van der Waals surface area (Å²) in [4.78, 5) is 16.3. The van der Waals surface area contributed by atoms with Gasteiger partial charge in [0.25, 0.3) is 0 Å². The topological polar surface area (TPSA) is 46.4 Å². The van der Waals surface area contributed by atoms with Gasteiger partial charge in [-0.3, -0.25) is 4.79 Å². The van der Waals surface area contributed by atoms with E-state index in [-0.39, 0.29) is 5.91 Å². The van der Waals surface area contributed by atoms with Crippen molar-refractivity contribution in [3.63, 3.8) is 0 Å². The summed E-state index contributed by atoms with van der Waals surface area (Å²) < 4.78 is 1.98. The number of rotatable bonds is 5. The Balaban J connectivity index is 1.51. The predicted octanol–water partition coefficient (Wildman–Crippen LogP) is 3.01. The highest BCUT2D eigenvalue weighted by molar-refractivity contribution is 5.91.